The summed E-state index contributed by atoms with van der Waals surface area (Å²) in [7, 11) is 0. The van der Waals surface area contributed by atoms with Crippen LogP contribution in [0.15, 0.2) is 22.7 Å². The lowest BCUT2D eigenvalue weighted by Gasteiger charge is -2.40. The van der Waals surface area contributed by atoms with E-state index >= 15 is 0 Å². The lowest BCUT2D eigenvalue weighted by molar-refractivity contribution is 0.0641. The zero-order valence-corrected chi connectivity index (χ0v) is 10.8. The summed E-state index contributed by atoms with van der Waals surface area (Å²) in [6.07, 6.45) is 2.59. The average molecular weight is 302 g/mol. The van der Waals surface area contributed by atoms with E-state index in [1.54, 1.807) is 0 Å². The molecule has 2 N–H and O–H groups in total. The number of halogens is 2. The highest BCUT2D eigenvalue weighted by Crippen LogP contribution is 2.31. The van der Waals surface area contributed by atoms with Crippen molar-refractivity contribution >= 4 is 21.8 Å². The van der Waals surface area contributed by atoms with Crippen molar-refractivity contribution in [3.8, 4) is 0 Å². The van der Waals surface area contributed by atoms with Crippen LogP contribution in [-0.2, 0) is 0 Å². The van der Waals surface area contributed by atoms with Crippen LogP contribution in [0.4, 0.5) is 4.39 Å². The van der Waals surface area contributed by atoms with E-state index in [4.69, 9.17) is 0 Å². The van der Waals surface area contributed by atoms with Gasteiger partial charge in [0.25, 0.3) is 5.91 Å². The topological polar surface area (TPSA) is 49.3 Å². The van der Waals surface area contributed by atoms with E-state index in [9.17, 15) is 14.3 Å². The van der Waals surface area contributed by atoms with Gasteiger partial charge in [-0.25, -0.2) is 4.39 Å². The van der Waals surface area contributed by atoms with Crippen LogP contribution in [0, 0.1) is 5.82 Å². The lowest BCUT2D eigenvalue weighted by atomic mass is 9.77. The van der Waals surface area contributed by atoms with Gasteiger partial charge < -0.3 is 10.4 Å². The van der Waals surface area contributed by atoms with E-state index in [2.05, 4.69) is 21.2 Å². The molecule has 1 amide bonds. The fraction of sp³-hybridized carbons (Fsp3) is 0.417. The predicted molar refractivity (Wildman–Crippen MR) is 65.2 cm³/mol. The van der Waals surface area contributed by atoms with Crippen LogP contribution in [0.5, 0.6) is 0 Å². The Morgan fingerprint density at radius 2 is 2.24 bits per heavy atom. The van der Waals surface area contributed by atoms with Gasteiger partial charge >= 0.3 is 0 Å². The number of hydrogen-bond acceptors (Lipinski definition) is 2. The number of carbonyl (C=O) groups excluding carboxylic acids is 1. The molecule has 0 aliphatic heterocycles. The summed E-state index contributed by atoms with van der Waals surface area (Å²) < 4.78 is 13.3. The Bertz CT molecular complexity index is 441. The fourth-order valence-electron chi connectivity index (χ4n) is 1.88. The van der Waals surface area contributed by atoms with E-state index in [0.717, 1.165) is 19.3 Å². The fourth-order valence-corrected chi connectivity index (χ4v) is 2.26. The number of aliphatic hydroxyl groups excluding tert-OH is 1. The smallest absolute Gasteiger partial charge is 0.251 e. The lowest BCUT2D eigenvalue weighted by Crippen LogP contribution is -2.56. The summed E-state index contributed by atoms with van der Waals surface area (Å²) in [4.78, 5) is 11.9. The number of carbonyl (C=O) groups is 1. The Hall–Kier alpha value is -0.940. The highest BCUT2D eigenvalue weighted by Gasteiger charge is 2.37. The van der Waals surface area contributed by atoms with Crippen molar-refractivity contribution in [2.45, 2.75) is 24.8 Å². The second-order valence-electron chi connectivity index (χ2n) is 4.38. The van der Waals surface area contributed by atoms with Crippen LogP contribution in [0.3, 0.4) is 0 Å². The Balaban J connectivity index is 2.11. The molecule has 92 valence electrons. The minimum absolute atomic E-state index is 0.0545. The van der Waals surface area contributed by atoms with Gasteiger partial charge in [0, 0.05) is 5.56 Å². The number of rotatable bonds is 3. The monoisotopic (exact) mass is 301 g/mol. The molecule has 0 atom stereocenters. The van der Waals surface area contributed by atoms with E-state index in [-0.39, 0.29) is 17.0 Å². The van der Waals surface area contributed by atoms with Crippen molar-refractivity contribution in [1.82, 2.24) is 5.32 Å². The third kappa shape index (κ3) is 2.50. The molecule has 0 saturated heterocycles. The molecule has 0 radical (unpaired) electrons. The number of aliphatic hydroxyl groups is 1. The van der Waals surface area contributed by atoms with Crippen LogP contribution in [-0.4, -0.2) is 23.2 Å². The summed E-state index contributed by atoms with van der Waals surface area (Å²) >= 11 is 3.04. The molecule has 1 aromatic carbocycles. The van der Waals surface area contributed by atoms with E-state index in [0.29, 0.717) is 5.56 Å². The summed E-state index contributed by atoms with van der Waals surface area (Å²) in [5.41, 5.74) is -0.0872. The molecule has 0 bridgehead atoms. The minimum Gasteiger partial charge on any atom is -0.394 e. The van der Waals surface area contributed by atoms with Crippen LogP contribution < -0.4 is 5.32 Å². The normalized spacial score (nSPS) is 17.4. The number of benzene rings is 1. The van der Waals surface area contributed by atoms with Gasteiger partial charge in [0.15, 0.2) is 0 Å². The molecule has 0 spiro atoms. The molecule has 1 aliphatic rings. The first-order valence-electron chi connectivity index (χ1n) is 5.45. The first-order valence-corrected chi connectivity index (χ1v) is 6.24. The molecule has 1 fully saturated rings. The third-order valence-corrected chi connectivity index (χ3v) is 3.78. The SMILES string of the molecule is O=C(NC1(CO)CCC1)c1ccc(F)c(Br)c1. The Kier molecular flexibility index (Phi) is 3.49. The Morgan fingerprint density at radius 3 is 2.71 bits per heavy atom. The van der Waals surface area contributed by atoms with E-state index in [1.807, 2.05) is 0 Å². The van der Waals surface area contributed by atoms with Crippen molar-refractivity contribution in [3.63, 3.8) is 0 Å². The standard InChI is InChI=1S/C12H13BrFNO2/c13-9-6-8(2-3-10(9)14)11(17)15-12(7-16)4-1-5-12/h2-3,6,16H,1,4-5,7H2,(H,15,17). The molecule has 1 aromatic rings. The van der Waals surface area contributed by atoms with Crippen molar-refractivity contribution in [1.29, 1.82) is 0 Å². The summed E-state index contributed by atoms with van der Waals surface area (Å²) in [6, 6.07) is 4.11. The zero-order valence-electron chi connectivity index (χ0n) is 9.17. The zero-order chi connectivity index (χ0) is 12.5. The molecule has 3 nitrogen and oxygen atoms in total. The number of amides is 1. The highest BCUT2D eigenvalue weighted by atomic mass is 79.9. The first-order chi connectivity index (χ1) is 8.06. The molecule has 1 saturated carbocycles. The number of nitrogens with one attached hydrogen (secondary N) is 1. The Morgan fingerprint density at radius 1 is 1.53 bits per heavy atom. The van der Waals surface area contributed by atoms with Crippen LogP contribution in [0.25, 0.3) is 0 Å². The third-order valence-electron chi connectivity index (χ3n) is 3.17. The molecular weight excluding hydrogens is 289 g/mol. The van der Waals surface area contributed by atoms with Crippen LogP contribution >= 0.6 is 15.9 Å². The van der Waals surface area contributed by atoms with Crippen molar-refractivity contribution in [3.05, 3.63) is 34.1 Å². The summed E-state index contributed by atoms with van der Waals surface area (Å²) in [5, 5.41) is 12.1. The van der Waals surface area contributed by atoms with Gasteiger partial charge in [-0.05, 0) is 53.4 Å². The minimum atomic E-state index is -0.474. The molecule has 5 heteroatoms. The van der Waals surface area contributed by atoms with Crippen LogP contribution in [0.2, 0.25) is 0 Å². The van der Waals surface area contributed by atoms with Crippen molar-refractivity contribution in [2.24, 2.45) is 0 Å². The van der Waals surface area contributed by atoms with E-state index < -0.39 is 11.4 Å². The van der Waals surface area contributed by atoms with Gasteiger partial charge in [-0.15, -0.1) is 0 Å². The van der Waals surface area contributed by atoms with Gasteiger partial charge in [-0.3, -0.25) is 4.79 Å². The summed E-state index contributed by atoms with van der Waals surface area (Å²) in [6.45, 7) is -0.0545. The van der Waals surface area contributed by atoms with Crippen molar-refractivity contribution < 1.29 is 14.3 Å². The average Bonchev–Trinajstić information content (AvgIpc) is 2.27. The maximum atomic E-state index is 13.0. The van der Waals surface area contributed by atoms with E-state index in [1.165, 1.54) is 18.2 Å². The van der Waals surface area contributed by atoms with Gasteiger partial charge in [0.2, 0.25) is 0 Å². The van der Waals surface area contributed by atoms with Gasteiger partial charge in [-0.1, -0.05) is 0 Å². The molecule has 0 unspecified atom stereocenters. The van der Waals surface area contributed by atoms with Crippen LogP contribution in [0.1, 0.15) is 29.6 Å². The molecule has 0 heterocycles. The molecular formula is C12H13BrFNO2. The maximum absolute atomic E-state index is 13.0. The largest absolute Gasteiger partial charge is 0.394 e. The maximum Gasteiger partial charge on any atom is 0.251 e. The predicted octanol–water partition coefficient (Wildman–Crippen LogP) is 2.23. The molecule has 1 aliphatic carbocycles. The second-order valence-corrected chi connectivity index (χ2v) is 5.23. The van der Waals surface area contributed by atoms with Crippen molar-refractivity contribution in [2.75, 3.05) is 6.61 Å². The van der Waals surface area contributed by atoms with Gasteiger partial charge in [0.05, 0.1) is 16.6 Å². The second kappa shape index (κ2) is 4.74. The quantitative estimate of drug-likeness (QED) is 0.899. The molecule has 2 rings (SSSR count). The molecule has 0 aromatic heterocycles. The van der Waals surface area contributed by atoms with Gasteiger partial charge in [0.1, 0.15) is 5.82 Å². The Labute approximate surface area is 107 Å². The highest BCUT2D eigenvalue weighted by molar-refractivity contribution is 9.10. The van der Waals surface area contributed by atoms with Gasteiger partial charge in [-0.2, -0.15) is 0 Å². The molecule has 17 heavy (non-hydrogen) atoms. The summed E-state index contributed by atoms with van der Waals surface area (Å²) in [5.74, 6) is -0.679. The number of hydrogen-bond donors (Lipinski definition) is 2. The first kappa shape index (κ1) is 12.5.